The van der Waals surface area contributed by atoms with Crippen LogP contribution >= 0.6 is 24.2 Å². The van der Waals surface area contributed by atoms with Gasteiger partial charge in [-0.3, -0.25) is 15.4 Å². The van der Waals surface area contributed by atoms with Crippen LogP contribution in [0.5, 0.6) is 0 Å². The molecule has 0 aliphatic carbocycles. The zero-order valence-corrected chi connectivity index (χ0v) is 9.91. The molecule has 0 aromatic carbocycles. The molecule has 0 aromatic rings. The van der Waals surface area contributed by atoms with Gasteiger partial charge < -0.3 is 5.73 Å². The Morgan fingerprint density at radius 3 is 2.13 bits per heavy atom. The lowest BCUT2D eigenvalue weighted by Gasteiger charge is -2.01. The summed E-state index contributed by atoms with van der Waals surface area (Å²) in [7, 11) is 0. The van der Waals surface area contributed by atoms with Crippen molar-refractivity contribution in [1.82, 2.24) is 10.9 Å². The van der Waals surface area contributed by atoms with E-state index in [4.69, 9.17) is 10.9 Å². The van der Waals surface area contributed by atoms with Crippen LogP contribution in [0.25, 0.3) is 0 Å². The number of thiocarbonyl (C=S) groups is 1. The lowest BCUT2D eigenvalue weighted by atomic mass is 10.3. The molecule has 9 heteroatoms. The highest BCUT2D eigenvalue weighted by atomic mass is 32.2. The van der Waals surface area contributed by atoms with Gasteiger partial charge in [0, 0.05) is 11.9 Å². The fraction of sp³-hybridized carbons (Fsp3) is 0.333. The van der Waals surface area contributed by atoms with E-state index in [9.17, 15) is 4.79 Å². The number of hydrogen-bond acceptors (Lipinski definition) is 6. The number of amides is 1. The molecule has 0 spiro atoms. The minimum Gasteiger partial charge on any atom is -0.375 e. The minimum absolute atomic E-state index is 0.0590. The van der Waals surface area contributed by atoms with Crippen molar-refractivity contribution in [1.29, 1.82) is 0 Å². The van der Waals surface area contributed by atoms with Gasteiger partial charge in [-0.1, -0.05) is 0 Å². The van der Waals surface area contributed by atoms with Crippen LogP contribution < -0.4 is 21.7 Å². The van der Waals surface area contributed by atoms with Crippen LogP contribution in [0.1, 0.15) is 13.8 Å². The summed E-state index contributed by atoms with van der Waals surface area (Å²) in [6.45, 7) is 3.35. The van der Waals surface area contributed by atoms with Crippen molar-refractivity contribution in [2.45, 2.75) is 13.8 Å². The zero-order chi connectivity index (χ0) is 11.8. The number of nitrogens with two attached hydrogens (primary N) is 2. The van der Waals surface area contributed by atoms with Gasteiger partial charge in [0.2, 0.25) is 0 Å². The van der Waals surface area contributed by atoms with E-state index < -0.39 is 5.24 Å². The predicted octanol–water partition coefficient (Wildman–Crippen LogP) is -0.112. The van der Waals surface area contributed by atoms with Crippen molar-refractivity contribution in [3.8, 4) is 0 Å². The topological polar surface area (TPSA) is 118 Å². The summed E-state index contributed by atoms with van der Waals surface area (Å²) in [5.74, 6) is 0. The average Bonchev–Trinajstić information content (AvgIpc) is 2.21. The second-order valence-electron chi connectivity index (χ2n) is 2.39. The summed E-state index contributed by atoms with van der Waals surface area (Å²) >= 11 is 5.10. The molecule has 0 saturated carbocycles. The number of nitrogens with one attached hydrogen (secondary N) is 2. The molecule has 84 valence electrons. The average molecular weight is 248 g/mol. The van der Waals surface area contributed by atoms with Gasteiger partial charge >= 0.3 is 5.24 Å². The van der Waals surface area contributed by atoms with Gasteiger partial charge in [0.05, 0.1) is 11.4 Å². The van der Waals surface area contributed by atoms with Crippen LogP contribution in [0.4, 0.5) is 4.79 Å². The zero-order valence-electron chi connectivity index (χ0n) is 8.27. The number of carbonyl (C=O) groups is 1. The van der Waals surface area contributed by atoms with Gasteiger partial charge in [0.1, 0.15) is 0 Å². The van der Waals surface area contributed by atoms with Crippen LogP contribution in [0.2, 0.25) is 0 Å². The van der Waals surface area contributed by atoms with Gasteiger partial charge in [-0.05, 0) is 26.1 Å². The molecule has 0 bridgehead atoms. The van der Waals surface area contributed by atoms with Gasteiger partial charge in [-0.2, -0.15) is 10.2 Å². The fourth-order valence-electron chi connectivity index (χ4n) is 0.457. The fourth-order valence-corrected chi connectivity index (χ4v) is 0.601. The van der Waals surface area contributed by atoms with Crippen molar-refractivity contribution in [3.05, 3.63) is 0 Å². The molecule has 7 nitrogen and oxygen atoms in total. The Morgan fingerprint density at radius 1 is 1.27 bits per heavy atom. The van der Waals surface area contributed by atoms with Gasteiger partial charge in [0.15, 0.2) is 5.11 Å². The van der Waals surface area contributed by atoms with Crippen molar-refractivity contribution < 1.29 is 4.79 Å². The van der Waals surface area contributed by atoms with Crippen LogP contribution in [0.15, 0.2) is 10.2 Å². The number of hydrogen-bond donors (Lipinski definition) is 4. The maximum Gasteiger partial charge on any atom is 0.314 e. The Hall–Kier alpha value is -1.19. The highest BCUT2D eigenvalue weighted by Gasteiger charge is 1.99. The molecular formula is C6H12N6OS2. The van der Waals surface area contributed by atoms with Crippen molar-refractivity contribution >= 4 is 45.9 Å². The first kappa shape index (κ1) is 13.8. The van der Waals surface area contributed by atoms with E-state index in [1.807, 2.05) is 0 Å². The Labute approximate surface area is 96.9 Å². The van der Waals surface area contributed by atoms with E-state index in [2.05, 4.69) is 33.3 Å². The quantitative estimate of drug-likeness (QED) is 0.239. The predicted molar refractivity (Wildman–Crippen MR) is 66.4 cm³/mol. The minimum atomic E-state index is -0.454. The van der Waals surface area contributed by atoms with Crippen molar-refractivity contribution in [2.75, 3.05) is 0 Å². The third-order valence-electron chi connectivity index (χ3n) is 1.28. The van der Waals surface area contributed by atoms with E-state index in [0.29, 0.717) is 23.4 Å². The Morgan fingerprint density at radius 2 is 1.73 bits per heavy atom. The molecule has 1 amide bonds. The van der Waals surface area contributed by atoms with Gasteiger partial charge in [-0.25, -0.2) is 5.43 Å². The maximum atomic E-state index is 10.7. The third kappa shape index (κ3) is 6.82. The highest BCUT2D eigenvalue weighted by Crippen LogP contribution is 1.88. The largest absolute Gasteiger partial charge is 0.375 e. The Bertz CT molecular complexity index is 313. The monoisotopic (exact) mass is 248 g/mol. The summed E-state index contributed by atoms with van der Waals surface area (Å²) in [4.78, 5) is 10.7. The number of hydrazone groups is 2. The molecule has 0 aromatic heterocycles. The lowest BCUT2D eigenvalue weighted by Crippen LogP contribution is -2.27. The first-order valence-corrected chi connectivity index (χ1v) is 5.07. The van der Waals surface area contributed by atoms with Gasteiger partial charge in [0.25, 0.3) is 0 Å². The molecule has 0 saturated heterocycles. The summed E-state index contributed by atoms with van der Waals surface area (Å²) in [5, 5.41) is 12.1. The first-order chi connectivity index (χ1) is 6.97. The van der Waals surface area contributed by atoms with E-state index in [-0.39, 0.29) is 5.11 Å². The first-order valence-electron chi connectivity index (χ1n) is 3.78. The van der Waals surface area contributed by atoms with Crippen LogP contribution in [0.3, 0.4) is 0 Å². The second kappa shape index (κ2) is 7.15. The molecule has 15 heavy (non-hydrogen) atoms. The van der Waals surface area contributed by atoms with Crippen molar-refractivity contribution in [3.63, 3.8) is 0 Å². The second-order valence-corrected chi connectivity index (χ2v) is 3.43. The van der Waals surface area contributed by atoms with E-state index >= 15 is 0 Å². The molecule has 0 radical (unpaired) electrons. The molecule has 0 aliphatic rings. The smallest absolute Gasteiger partial charge is 0.314 e. The molecular weight excluding hydrogens is 236 g/mol. The third-order valence-corrected chi connectivity index (χ3v) is 1.68. The molecule has 0 rings (SSSR count). The normalized spacial score (nSPS) is 12.2. The summed E-state index contributed by atoms with van der Waals surface area (Å²) in [5.41, 5.74) is 10.8. The standard InChI is InChI=1S/C6H12N6OS2/c1-3(9-11-5(7)14)4(2)10-12-6(13)15-8/h8H2,1-2H3,(H,12,13)(H3,7,11,14)/b9-3+,10-4+. The molecule has 0 aliphatic heterocycles. The SMILES string of the molecule is CC(=N\NC(=O)SN)/C(C)=N/NC(N)=S. The lowest BCUT2D eigenvalue weighted by molar-refractivity contribution is 0.261. The van der Waals surface area contributed by atoms with Crippen molar-refractivity contribution in [2.24, 2.45) is 21.1 Å². The Kier molecular flexibility index (Phi) is 6.58. The number of nitrogens with zero attached hydrogens (tertiary/aromatic N) is 2. The summed E-state index contributed by atoms with van der Waals surface area (Å²) in [6, 6.07) is 0. The van der Waals surface area contributed by atoms with Crippen LogP contribution in [-0.4, -0.2) is 21.8 Å². The molecule has 6 N–H and O–H groups in total. The Balaban J connectivity index is 4.29. The number of carbonyl (C=O) groups excluding carboxylic acids is 1. The molecule has 0 atom stereocenters. The van der Waals surface area contributed by atoms with E-state index in [1.165, 1.54) is 0 Å². The van der Waals surface area contributed by atoms with E-state index in [1.54, 1.807) is 13.8 Å². The molecule has 0 fully saturated rings. The highest BCUT2D eigenvalue weighted by molar-refractivity contribution is 8.11. The van der Waals surface area contributed by atoms with Crippen LogP contribution in [0, 0.1) is 0 Å². The van der Waals surface area contributed by atoms with Gasteiger partial charge in [-0.15, -0.1) is 0 Å². The molecule has 0 unspecified atom stereocenters. The van der Waals surface area contributed by atoms with Crippen LogP contribution in [-0.2, 0) is 0 Å². The summed E-state index contributed by atoms with van der Waals surface area (Å²) < 4.78 is 0. The molecule has 0 heterocycles. The number of rotatable bonds is 3. The van der Waals surface area contributed by atoms with E-state index in [0.717, 1.165) is 0 Å². The maximum absolute atomic E-state index is 10.7. The summed E-state index contributed by atoms with van der Waals surface area (Å²) in [6.07, 6.45) is 0.